The zero-order chi connectivity index (χ0) is 15.4. The number of nitrogens with zero attached hydrogens (tertiary/aromatic N) is 5. The molecule has 1 saturated heterocycles. The van der Waals surface area contributed by atoms with Crippen LogP contribution < -0.4 is 10.5 Å². The number of anilines is 1. The third-order valence-electron chi connectivity index (χ3n) is 3.99. The van der Waals surface area contributed by atoms with Crippen molar-refractivity contribution in [3.63, 3.8) is 0 Å². The molecule has 0 radical (unpaired) electrons. The Hall–Kier alpha value is -2.21. The molecule has 1 aliphatic rings. The highest BCUT2D eigenvalue weighted by atomic mass is 16.1. The smallest absolute Gasteiger partial charge is 0.269 e. The highest BCUT2D eigenvalue weighted by Gasteiger charge is 2.14. The number of pyridine rings is 1. The predicted octanol–water partition coefficient (Wildman–Crippen LogP) is 0.828. The molecule has 6 heteroatoms. The first-order valence-corrected chi connectivity index (χ1v) is 7.62. The van der Waals surface area contributed by atoms with Crippen molar-refractivity contribution >= 4 is 5.69 Å². The summed E-state index contributed by atoms with van der Waals surface area (Å²) in [6.07, 6.45) is 6.38. The van der Waals surface area contributed by atoms with Gasteiger partial charge >= 0.3 is 0 Å². The molecular weight excluding hydrogens is 278 g/mol. The van der Waals surface area contributed by atoms with Crippen molar-refractivity contribution in [2.75, 3.05) is 38.1 Å². The van der Waals surface area contributed by atoms with Crippen molar-refractivity contribution in [3.05, 3.63) is 52.7 Å². The minimum Gasteiger partial charge on any atom is -0.369 e. The van der Waals surface area contributed by atoms with Crippen LogP contribution in [0.4, 0.5) is 5.69 Å². The molecule has 0 N–H and O–H groups in total. The summed E-state index contributed by atoms with van der Waals surface area (Å²) in [6.45, 7) is 4.47. The van der Waals surface area contributed by atoms with E-state index in [9.17, 15) is 4.79 Å². The Morgan fingerprint density at radius 2 is 2.09 bits per heavy atom. The van der Waals surface area contributed by atoms with Crippen LogP contribution in [0.25, 0.3) is 0 Å². The Balaban J connectivity index is 1.76. The van der Waals surface area contributed by atoms with Crippen LogP contribution in [0.3, 0.4) is 0 Å². The molecule has 2 aromatic rings. The second-order valence-corrected chi connectivity index (χ2v) is 5.71. The van der Waals surface area contributed by atoms with E-state index >= 15 is 0 Å². The number of aromatic nitrogens is 3. The van der Waals surface area contributed by atoms with Crippen molar-refractivity contribution < 1.29 is 0 Å². The monoisotopic (exact) mass is 299 g/mol. The van der Waals surface area contributed by atoms with Crippen LogP contribution in [0.15, 0.2) is 41.6 Å². The first-order chi connectivity index (χ1) is 10.7. The van der Waals surface area contributed by atoms with Crippen LogP contribution in [0.2, 0.25) is 0 Å². The van der Waals surface area contributed by atoms with E-state index in [4.69, 9.17) is 0 Å². The lowest BCUT2D eigenvalue weighted by molar-refractivity contribution is 0.360. The van der Waals surface area contributed by atoms with Crippen LogP contribution in [-0.2, 0) is 6.54 Å². The molecule has 0 atom stereocenters. The van der Waals surface area contributed by atoms with Crippen molar-refractivity contribution in [2.24, 2.45) is 0 Å². The van der Waals surface area contributed by atoms with Gasteiger partial charge in [0.2, 0.25) is 0 Å². The molecule has 3 rings (SSSR count). The zero-order valence-corrected chi connectivity index (χ0v) is 12.9. The van der Waals surface area contributed by atoms with Gasteiger partial charge in [-0.1, -0.05) is 6.07 Å². The summed E-state index contributed by atoms with van der Waals surface area (Å²) in [7, 11) is 2.13. The molecule has 3 heterocycles. The molecule has 22 heavy (non-hydrogen) atoms. The average Bonchev–Trinajstić information content (AvgIpc) is 2.75. The molecule has 1 fully saturated rings. The molecule has 0 aromatic carbocycles. The number of rotatable bonds is 3. The van der Waals surface area contributed by atoms with Crippen LogP contribution in [0, 0.1) is 0 Å². The van der Waals surface area contributed by atoms with Gasteiger partial charge < -0.3 is 9.80 Å². The SMILES string of the molecule is CN1CCCN(c2cnn(Cc3cccnc3)c(=O)c2)CC1. The number of hydrogen-bond acceptors (Lipinski definition) is 5. The fraction of sp³-hybridized carbons (Fsp3) is 0.438. The van der Waals surface area contributed by atoms with E-state index in [-0.39, 0.29) is 5.56 Å². The Labute approximate surface area is 130 Å². The van der Waals surface area contributed by atoms with E-state index < -0.39 is 0 Å². The van der Waals surface area contributed by atoms with Crippen molar-refractivity contribution in [1.29, 1.82) is 0 Å². The second kappa shape index (κ2) is 6.70. The topological polar surface area (TPSA) is 54.3 Å². The van der Waals surface area contributed by atoms with E-state index in [1.54, 1.807) is 24.7 Å². The fourth-order valence-electron chi connectivity index (χ4n) is 2.69. The van der Waals surface area contributed by atoms with Gasteiger partial charge in [0.25, 0.3) is 5.56 Å². The largest absolute Gasteiger partial charge is 0.369 e. The summed E-state index contributed by atoms with van der Waals surface area (Å²) in [5, 5.41) is 4.32. The summed E-state index contributed by atoms with van der Waals surface area (Å²) < 4.78 is 1.48. The normalized spacial score (nSPS) is 16.5. The second-order valence-electron chi connectivity index (χ2n) is 5.71. The molecule has 116 valence electrons. The van der Waals surface area contributed by atoms with Gasteiger partial charge in [-0.05, 0) is 31.6 Å². The van der Waals surface area contributed by atoms with Crippen LogP contribution in [-0.4, -0.2) is 52.9 Å². The van der Waals surface area contributed by atoms with E-state index in [2.05, 4.69) is 26.9 Å². The van der Waals surface area contributed by atoms with Gasteiger partial charge in [0.15, 0.2) is 0 Å². The summed E-state index contributed by atoms with van der Waals surface area (Å²) in [5.74, 6) is 0. The predicted molar refractivity (Wildman–Crippen MR) is 86.2 cm³/mol. The minimum atomic E-state index is -0.0704. The average molecular weight is 299 g/mol. The molecule has 0 aliphatic carbocycles. The summed E-state index contributed by atoms with van der Waals surface area (Å²) in [6, 6.07) is 5.50. The first kappa shape index (κ1) is 14.7. The lowest BCUT2D eigenvalue weighted by Gasteiger charge is -2.22. The summed E-state index contributed by atoms with van der Waals surface area (Å²) in [4.78, 5) is 20.9. The quantitative estimate of drug-likeness (QED) is 0.840. The van der Waals surface area contributed by atoms with E-state index in [1.807, 2.05) is 12.1 Å². The third kappa shape index (κ3) is 3.51. The maximum Gasteiger partial charge on any atom is 0.269 e. The molecule has 1 aliphatic heterocycles. The van der Waals surface area contributed by atoms with Crippen LogP contribution >= 0.6 is 0 Å². The Morgan fingerprint density at radius 3 is 2.86 bits per heavy atom. The Kier molecular flexibility index (Phi) is 4.48. The van der Waals surface area contributed by atoms with Crippen LogP contribution in [0.1, 0.15) is 12.0 Å². The van der Waals surface area contributed by atoms with E-state index in [0.29, 0.717) is 6.54 Å². The lowest BCUT2D eigenvalue weighted by Crippen LogP contribution is -2.31. The van der Waals surface area contributed by atoms with Crippen molar-refractivity contribution in [3.8, 4) is 0 Å². The van der Waals surface area contributed by atoms with Gasteiger partial charge in [0.1, 0.15) is 0 Å². The van der Waals surface area contributed by atoms with Gasteiger partial charge in [0.05, 0.1) is 18.4 Å². The zero-order valence-electron chi connectivity index (χ0n) is 12.9. The van der Waals surface area contributed by atoms with Crippen LogP contribution in [0.5, 0.6) is 0 Å². The fourth-order valence-corrected chi connectivity index (χ4v) is 2.69. The highest BCUT2D eigenvalue weighted by Crippen LogP contribution is 2.12. The van der Waals surface area contributed by atoms with Gasteiger partial charge in [-0.25, -0.2) is 4.68 Å². The summed E-state index contributed by atoms with van der Waals surface area (Å²) in [5.41, 5.74) is 1.82. The molecule has 0 unspecified atom stereocenters. The molecule has 0 spiro atoms. The number of hydrogen-bond donors (Lipinski definition) is 0. The third-order valence-corrected chi connectivity index (χ3v) is 3.99. The Morgan fingerprint density at radius 1 is 1.18 bits per heavy atom. The summed E-state index contributed by atoms with van der Waals surface area (Å²) >= 11 is 0. The molecule has 2 aromatic heterocycles. The van der Waals surface area contributed by atoms with E-state index in [1.165, 1.54) is 4.68 Å². The standard InChI is InChI=1S/C16H21N5O/c1-19-6-3-7-20(9-8-19)15-10-16(22)21(18-12-15)13-14-4-2-5-17-11-14/h2,4-5,10-12H,3,6-9,13H2,1H3. The van der Waals surface area contributed by atoms with Gasteiger partial charge in [-0.15, -0.1) is 0 Å². The van der Waals surface area contributed by atoms with Crippen molar-refractivity contribution in [2.45, 2.75) is 13.0 Å². The van der Waals surface area contributed by atoms with Gasteiger partial charge in [-0.3, -0.25) is 9.78 Å². The molecule has 0 amide bonds. The maximum atomic E-state index is 12.3. The molecule has 0 saturated carbocycles. The van der Waals surface area contributed by atoms with Crippen molar-refractivity contribution in [1.82, 2.24) is 19.7 Å². The van der Waals surface area contributed by atoms with E-state index in [0.717, 1.165) is 43.9 Å². The highest BCUT2D eigenvalue weighted by molar-refractivity contribution is 5.43. The van der Waals surface area contributed by atoms with Gasteiger partial charge in [0, 0.05) is 38.1 Å². The molecule has 6 nitrogen and oxygen atoms in total. The number of likely N-dealkylation sites (N-methyl/N-ethyl adjacent to an activating group) is 1. The molecule has 0 bridgehead atoms. The molecular formula is C16H21N5O. The van der Waals surface area contributed by atoms with Gasteiger partial charge in [-0.2, -0.15) is 5.10 Å². The Bertz CT molecular complexity index is 670. The lowest BCUT2D eigenvalue weighted by atomic mass is 10.3. The maximum absolute atomic E-state index is 12.3. The minimum absolute atomic E-state index is 0.0704. The first-order valence-electron chi connectivity index (χ1n) is 7.62.